The number of hydrogen-bond donors (Lipinski definition) is 2. The molecule has 0 unspecified atom stereocenters. The molecule has 3 aromatic rings. The second-order valence-electron chi connectivity index (χ2n) is 6.84. The number of methoxy groups -OCH3 is 1. The number of carbonyl (C=O) groups excluding carboxylic acids is 1. The molecule has 1 amide bonds. The zero-order valence-electron chi connectivity index (χ0n) is 17.5. The predicted octanol–water partition coefficient (Wildman–Crippen LogP) is 5.19. The Kier molecular flexibility index (Phi) is 7.57. The highest BCUT2D eigenvalue weighted by Gasteiger charge is 2.30. The van der Waals surface area contributed by atoms with Gasteiger partial charge in [-0.3, -0.25) is 9.52 Å². The number of rotatable bonds is 8. The summed E-state index contributed by atoms with van der Waals surface area (Å²) in [5.74, 6) is 0.0111. The Hall–Kier alpha value is -3.44. The van der Waals surface area contributed by atoms with Crippen LogP contribution in [0.4, 0.5) is 24.5 Å². The maximum Gasteiger partial charge on any atom is 0.416 e. The molecule has 0 saturated carbocycles. The van der Waals surface area contributed by atoms with Crippen LogP contribution in [0, 0.1) is 0 Å². The first kappa shape index (κ1) is 25.2. The quantitative estimate of drug-likeness (QED) is 0.432. The van der Waals surface area contributed by atoms with Crippen LogP contribution in [0.1, 0.15) is 5.56 Å². The standard InChI is InChI=1S/C22H18ClF3N2O5S/c1-32-20-11-6-16(12-19(20)23)28-34(30,31)18-9-7-17(8-10-18)33-13-21(29)27-15-4-2-14(3-5-15)22(24,25)26/h2-12,28H,13H2,1H3,(H,27,29). The van der Waals surface area contributed by atoms with Crippen LogP contribution in [-0.4, -0.2) is 28.0 Å². The Labute approximate surface area is 198 Å². The van der Waals surface area contributed by atoms with Gasteiger partial charge >= 0.3 is 6.18 Å². The highest BCUT2D eigenvalue weighted by Crippen LogP contribution is 2.30. The smallest absolute Gasteiger partial charge is 0.416 e. The molecule has 3 aromatic carbocycles. The Morgan fingerprint density at radius 1 is 0.971 bits per heavy atom. The maximum absolute atomic E-state index is 12.6. The van der Waals surface area contributed by atoms with Crippen LogP contribution in [0.15, 0.2) is 71.6 Å². The zero-order chi connectivity index (χ0) is 24.9. The largest absolute Gasteiger partial charge is 0.495 e. The van der Waals surface area contributed by atoms with E-state index in [1.54, 1.807) is 0 Å². The van der Waals surface area contributed by atoms with Gasteiger partial charge in [-0.2, -0.15) is 13.2 Å². The van der Waals surface area contributed by atoms with Gasteiger partial charge in [0.25, 0.3) is 15.9 Å². The minimum atomic E-state index is -4.47. The number of ether oxygens (including phenoxy) is 2. The lowest BCUT2D eigenvalue weighted by molar-refractivity contribution is -0.137. The number of benzene rings is 3. The Morgan fingerprint density at radius 2 is 1.59 bits per heavy atom. The Balaban J connectivity index is 1.56. The van der Waals surface area contributed by atoms with Crippen molar-refractivity contribution in [1.82, 2.24) is 0 Å². The predicted molar refractivity (Wildman–Crippen MR) is 121 cm³/mol. The lowest BCUT2D eigenvalue weighted by atomic mass is 10.2. The number of alkyl halides is 3. The summed E-state index contributed by atoms with van der Waals surface area (Å²) in [4.78, 5) is 11.9. The van der Waals surface area contributed by atoms with Crippen molar-refractivity contribution in [2.75, 3.05) is 23.8 Å². The van der Waals surface area contributed by atoms with E-state index >= 15 is 0 Å². The molecule has 0 aliphatic rings. The molecule has 2 N–H and O–H groups in total. The highest BCUT2D eigenvalue weighted by atomic mass is 35.5. The Morgan fingerprint density at radius 3 is 2.15 bits per heavy atom. The van der Waals surface area contributed by atoms with E-state index in [9.17, 15) is 26.4 Å². The fraction of sp³-hybridized carbons (Fsp3) is 0.136. The molecule has 0 heterocycles. The van der Waals surface area contributed by atoms with Crippen molar-refractivity contribution in [1.29, 1.82) is 0 Å². The summed E-state index contributed by atoms with van der Waals surface area (Å²) in [6, 6.07) is 13.7. The minimum absolute atomic E-state index is 0.0546. The SMILES string of the molecule is COc1ccc(NS(=O)(=O)c2ccc(OCC(=O)Nc3ccc(C(F)(F)F)cc3)cc2)cc1Cl. The third kappa shape index (κ3) is 6.55. The van der Waals surface area contributed by atoms with Gasteiger partial charge in [0.05, 0.1) is 28.3 Å². The molecule has 0 radical (unpaired) electrons. The van der Waals surface area contributed by atoms with E-state index in [-0.39, 0.29) is 27.0 Å². The van der Waals surface area contributed by atoms with Crippen molar-refractivity contribution in [3.8, 4) is 11.5 Å². The van der Waals surface area contributed by atoms with E-state index in [4.69, 9.17) is 21.1 Å². The van der Waals surface area contributed by atoms with Crippen LogP contribution in [0.3, 0.4) is 0 Å². The van der Waals surface area contributed by atoms with E-state index < -0.39 is 34.3 Å². The molecule has 0 spiro atoms. The first-order valence-corrected chi connectivity index (χ1v) is 11.4. The molecule has 34 heavy (non-hydrogen) atoms. The number of nitrogens with one attached hydrogen (secondary N) is 2. The first-order valence-electron chi connectivity index (χ1n) is 9.54. The summed E-state index contributed by atoms with van der Waals surface area (Å²) in [7, 11) is -2.48. The fourth-order valence-electron chi connectivity index (χ4n) is 2.75. The molecule has 0 atom stereocenters. The van der Waals surface area contributed by atoms with E-state index in [1.807, 2.05) is 0 Å². The van der Waals surface area contributed by atoms with E-state index in [2.05, 4.69) is 10.0 Å². The summed E-state index contributed by atoms with van der Waals surface area (Å²) >= 11 is 6.01. The van der Waals surface area contributed by atoms with Gasteiger partial charge in [0.1, 0.15) is 11.5 Å². The molecule has 3 rings (SSSR count). The van der Waals surface area contributed by atoms with Crippen molar-refractivity contribution in [2.45, 2.75) is 11.1 Å². The molecule has 0 aliphatic carbocycles. The van der Waals surface area contributed by atoms with Crippen LogP contribution < -0.4 is 19.5 Å². The fourth-order valence-corrected chi connectivity index (χ4v) is 4.05. The van der Waals surface area contributed by atoms with E-state index in [0.717, 1.165) is 24.3 Å². The number of hydrogen-bond acceptors (Lipinski definition) is 5. The molecule has 0 aromatic heterocycles. The van der Waals surface area contributed by atoms with Crippen LogP contribution in [0.5, 0.6) is 11.5 Å². The third-order valence-electron chi connectivity index (χ3n) is 4.40. The topological polar surface area (TPSA) is 93.7 Å². The highest BCUT2D eigenvalue weighted by molar-refractivity contribution is 7.92. The van der Waals surface area contributed by atoms with Gasteiger partial charge < -0.3 is 14.8 Å². The molecular formula is C22H18ClF3N2O5S. The van der Waals surface area contributed by atoms with Gasteiger partial charge in [-0.05, 0) is 66.7 Å². The van der Waals surface area contributed by atoms with Crippen molar-refractivity contribution in [2.24, 2.45) is 0 Å². The van der Waals surface area contributed by atoms with E-state index in [1.165, 1.54) is 49.6 Å². The molecular weight excluding hydrogens is 497 g/mol. The number of amides is 1. The molecule has 7 nitrogen and oxygen atoms in total. The van der Waals surface area contributed by atoms with Gasteiger partial charge in [-0.15, -0.1) is 0 Å². The van der Waals surface area contributed by atoms with Gasteiger partial charge in [0.2, 0.25) is 0 Å². The van der Waals surface area contributed by atoms with Gasteiger partial charge in [0.15, 0.2) is 6.61 Å². The van der Waals surface area contributed by atoms with Crippen molar-refractivity contribution in [3.05, 3.63) is 77.3 Å². The van der Waals surface area contributed by atoms with Crippen molar-refractivity contribution in [3.63, 3.8) is 0 Å². The summed E-state index contributed by atoms with van der Waals surface area (Å²) < 4.78 is 75.6. The second-order valence-corrected chi connectivity index (χ2v) is 8.93. The normalized spacial score (nSPS) is 11.6. The van der Waals surface area contributed by atoms with Crippen LogP contribution in [-0.2, 0) is 21.0 Å². The van der Waals surface area contributed by atoms with Gasteiger partial charge in [-0.1, -0.05) is 11.6 Å². The molecule has 0 fully saturated rings. The Bertz CT molecular complexity index is 1270. The summed E-state index contributed by atoms with van der Waals surface area (Å²) in [6.07, 6.45) is -4.47. The van der Waals surface area contributed by atoms with Crippen LogP contribution in [0.2, 0.25) is 5.02 Å². The molecule has 12 heteroatoms. The minimum Gasteiger partial charge on any atom is -0.495 e. The van der Waals surface area contributed by atoms with Crippen molar-refractivity contribution >= 4 is 38.9 Å². The zero-order valence-corrected chi connectivity index (χ0v) is 19.1. The molecule has 0 saturated heterocycles. The van der Waals surface area contributed by atoms with Gasteiger partial charge in [0, 0.05) is 5.69 Å². The van der Waals surface area contributed by atoms with Gasteiger partial charge in [-0.25, -0.2) is 8.42 Å². The molecule has 0 bridgehead atoms. The van der Waals surface area contributed by atoms with Crippen LogP contribution >= 0.6 is 11.6 Å². The average molecular weight is 515 g/mol. The average Bonchev–Trinajstić information content (AvgIpc) is 2.77. The number of sulfonamides is 1. The lowest BCUT2D eigenvalue weighted by Gasteiger charge is -2.11. The molecule has 180 valence electrons. The van der Waals surface area contributed by atoms with Crippen LogP contribution in [0.25, 0.3) is 0 Å². The monoisotopic (exact) mass is 514 g/mol. The first-order chi connectivity index (χ1) is 16.0. The summed E-state index contributed by atoms with van der Waals surface area (Å²) in [6.45, 7) is -0.435. The number of halogens is 4. The molecule has 0 aliphatic heterocycles. The second kappa shape index (κ2) is 10.2. The number of carbonyl (C=O) groups is 1. The van der Waals surface area contributed by atoms with E-state index in [0.29, 0.717) is 5.75 Å². The summed E-state index contributed by atoms with van der Waals surface area (Å²) in [5, 5.41) is 2.65. The third-order valence-corrected chi connectivity index (χ3v) is 6.10. The number of anilines is 2. The lowest BCUT2D eigenvalue weighted by Crippen LogP contribution is -2.20. The maximum atomic E-state index is 12.6. The summed E-state index contributed by atoms with van der Waals surface area (Å²) in [5.41, 5.74) is -0.416. The van der Waals surface area contributed by atoms with Crippen molar-refractivity contribution < 1.29 is 35.9 Å².